The van der Waals surface area contributed by atoms with Crippen LogP contribution in [0.2, 0.25) is 5.02 Å². The molecule has 0 radical (unpaired) electrons. The smallest absolute Gasteiger partial charge is 0.268 e. The summed E-state index contributed by atoms with van der Waals surface area (Å²) in [6, 6.07) is 14.4. The van der Waals surface area contributed by atoms with Gasteiger partial charge in [0.2, 0.25) is 0 Å². The molecule has 0 saturated carbocycles. The fraction of sp³-hybridized carbons (Fsp3) is 0.364. The largest absolute Gasteiger partial charge is 0.371 e. The summed E-state index contributed by atoms with van der Waals surface area (Å²) in [5.74, 6) is 0.342. The van der Waals surface area contributed by atoms with Crippen molar-refractivity contribution < 1.29 is 8.42 Å². The molecule has 0 amide bonds. The number of anilines is 1. The Hall–Kier alpha value is -2.02. The first-order valence-corrected chi connectivity index (χ1v) is 11.9. The predicted molar refractivity (Wildman–Crippen MR) is 115 cm³/mol. The van der Waals surface area contributed by atoms with Crippen LogP contribution >= 0.6 is 11.6 Å². The molecule has 5 nitrogen and oxygen atoms in total. The summed E-state index contributed by atoms with van der Waals surface area (Å²) in [6.07, 6.45) is 5.00. The second-order valence-corrected chi connectivity index (χ2v) is 10.7. The van der Waals surface area contributed by atoms with E-state index < -0.39 is 10.0 Å². The summed E-state index contributed by atoms with van der Waals surface area (Å²) in [5, 5.41) is 4.93. The van der Waals surface area contributed by atoms with E-state index in [-0.39, 0.29) is 0 Å². The highest BCUT2D eigenvalue weighted by Gasteiger charge is 2.48. The van der Waals surface area contributed by atoms with E-state index in [2.05, 4.69) is 17.3 Å². The number of hydrogen-bond donors (Lipinski definition) is 1. The number of nitrogens with zero attached hydrogens (tertiary/aromatic N) is 2. The van der Waals surface area contributed by atoms with E-state index in [1.807, 2.05) is 30.3 Å². The molecule has 1 N–H and O–H groups in total. The fourth-order valence-corrected chi connectivity index (χ4v) is 7.45. The monoisotopic (exact) mass is 427 g/mol. The van der Waals surface area contributed by atoms with Crippen molar-refractivity contribution in [2.45, 2.75) is 48.2 Å². The molecule has 0 spiro atoms. The zero-order chi connectivity index (χ0) is 19.9. The van der Waals surface area contributed by atoms with Gasteiger partial charge in [-0.3, -0.25) is 0 Å². The van der Waals surface area contributed by atoms with Crippen molar-refractivity contribution in [3.05, 3.63) is 59.2 Å². The van der Waals surface area contributed by atoms with Gasteiger partial charge in [-0.25, -0.2) is 12.4 Å². The zero-order valence-corrected chi connectivity index (χ0v) is 17.6. The minimum absolute atomic E-state index is 0.322. The van der Waals surface area contributed by atoms with E-state index >= 15 is 0 Å². The number of likely N-dealkylation sites (N-methyl/N-ethyl adjacent to an activating group) is 1. The maximum atomic E-state index is 13.5. The minimum Gasteiger partial charge on any atom is -0.371 e. The standard InChI is InChI=1S/C22H22ClN3O2S/c1-25-19-9-7-14(11-16(19)22-18-8-6-13(24-18)10-21(22)25)29(27,28)26-12-17(23)15-4-2-3-5-20(15)26/h2-5,7,9,11-13,18,21-22,24H,6,8,10H2,1H3. The number of nitrogens with one attached hydrogen (secondary N) is 1. The Balaban J connectivity index is 1.49. The van der Waals surface area contributed by atoms with Crippen LogP contribution in [0.4, 0.5) is 5.69 Å². The van der Waals surface area contributed by atoms with Crippen LogP contribution in [0.5, 0.6) is 0 Å². The molecule has 7 heteroatoms. The molecule has 2 aromatic carbocycles. The summed E-state index contributed by atoms with van der Waals surface area (Å²) in [6.45, 7) is 0. The van der Waals surface area contributed by atoms with Crippen LogP contribution in [-0.2, 0) is 10.0 Å². The van der Waals surface area contributed by atoms with Gasteiger partial charge in [-0.05, 0) is 49.1 Å². The topological polar surface area (TPSA) is 54.3 Å². The van der Waals surface area contributed by atoms with Gasteiger partial charge in [0.05, 0.1) is 15.4 Å². The summed E-state index contributed by atoms with van der Waals surface area (Å²) in [5.41, 5.74) is 2.91. The number of hydrogen-bond acceptors (Lipinski definition) is 4. The van der Waals surface area contributed by atoms with E-state index in [9.17, 15) is 8.42 Å². The van der Waals surface area contributed by atoms with E-state index in [4.69, 9.17) is 11.6 Å². The summed E-state index contributed by atoms with van der Waals surface area (Å²) in [4.78, 5) is 2.67. The Kier molecular flexibility index (Phi) is 3.68. The van der Waals surface area contributed by atoms with Crippen LogP contribution in [0.1, 0.15) is 30.7 Å². The highest BCUT2D eigenvalue weighted by atomic mass is 35.5. The molecule has 1 aromatic heterocycles. The summed E-state index contributed by atoms with van der Waals surface area (Å²) < 4.78 is 28.4. The van der Waals surface area contributed by atoms with Gasteiger partial charge in [-0.15, -0.1) is 0 Å². The molecule has 0 aliphatic carbocycles. The van der Waals surface area contributed by atoms with Crippen molar-refractivity contribution in [1.29, 1.82) is 0 Å². The second kappa shape index (κ2) is 6.00. The lowest BCUT2D eigenvalue weighted by atomic mass is 9.84. The number of rotatable bonds is 2. The average Bonchev–Trinajstić information content (AvgIpc) is 3.36. The van der Waals surface area contributed by atoms with Gasteiger partial charge in [-0.1, -0.05) is 29.8 Å². The van der Waals surface area contributed by atoms with Gasteiger partial charge in [-0.2, -0.15) is 0 Å². The number of fused-ring (bicyclic) bond motifs is 7. The molecule has 4 atom stereocenters. The van der Waals surface area contributed by atoms with E-state index in [1.165, 1.54) is 16.6 Å². The highest BCUT2D eigenvalue weighted by molar-refractivity contribution is 7.90. The Labute approximate surface area is 175 Å². The third-order valence-electron chi connectivity index (χ3n) is 7.07. The number of para-hydroxylation sites is 1. The molecule has 4 heterocycles. The molecule has 6 rings (SSSR count). The summed E-state index contributed by atoms with van der Waals surface area (Å²) >= 11 is 6.32. The van der Waals surface area contributed by atoms with Crippen molar-refractivity contribution in [3.63, 3.8) is 0 Å². The fourth-order valence-electron chi connectivity index (χ4n) is 5.73. The van der Waals surface area contributed by atoms with Gasteiger partial charge < -0.3 is 10.2 Å². The van der Waals surface area contributed by atoms with Gasteiger partial charge in [0.25, 0.3) is 10.0 Å². The third kappa shape index (κ3) is 2.39. The Bertz CT molecular complexity index is 1250. The molecule has 3 aliphatic rings. The summed E-state index contributed by atoms with van der Waals surface area (Å²) in [7, 11) is -1.60. The first kappa shape index (κ1) is 17.8. The molecule has 3 aromatic rings. The molecule has 2 fully saturated rings. The quantitative estimate of drug-likeness (QED) is 0.672. The van der Waals surface area contributed by atoms with Gasteiger partial charge in [0, 0.05) is 48.4 Å². The van der Waals surface area contributed by atoms with Crippen molar-refractivity contribution in [3.8, 4) is 0 Å². The Morgan fingerprint density at radius 2 is 1.97 bits per heavy atom. The SMILES string of the molecule is CN1c2ccc(S(=O)(=O)n3cc(Cl)c4ccccc43)cc2C2C3CCC(CC21)N3. The number of benzene rings is 2. The van der Waals surface area contributed by atoms with E-state index in [0.717, 1.165) is 29.5 Å². The molecular weight excluding hydrogens is 406 g/mol. The molecule has 2 bridgehead atoms. The zero-order valence-electron chi connectivity index (χ0n) is 16.0. The van der Waals surface area contributed by atoms with Gasteiger partial charge in [0.15, 0.2) is 0 Å². The lowest BCUT2D eigenvalue weighted by molar-refractivity contribution is 0.326. The maximum Gasteiger partial charge on any atom is 0.268 e. The second-order valence-electron chi connectivity index (χ2n) is 8.50. The molecular formula is C22H22ClN3O2S. The number of halogens is 1. The number of piperidine rings is 1. The molecule has 29 heavy (non-hydrogen) atoms. The van der Waals surface area contributed by atoms with Gasteiger partial charge in [0.1, 0.15) is 0 Å². The molecule has 4 unspecified atom stereocenters. The van der Waals surface area contributed by atoms with E-state index in [0.29, 0.717) is 39.5 Å². The molecule has 3 aliphatic heterocycles. The lowest BCUT2D eigenvalue weighted by Crippen LogP contribution is -2.49. The molecule has 2 saturated heterocycles. The highest BCUT2D eigenvalue weighted by Crippen LogP contribution is 2.49. The number of aromatic nitrogens is 1. The average molecular weight is 428 g/mol. The molecule has 150 valence electrons. The Morgan fingerprint density at radius 1 is 1.14 bits per heavy atom. The minimum atomic E-state index is -3.74. The normalized spacial score (nSPS) is 28.0. The van der Waals surface area contributed by atoms with Crippen LogP contribution in [0, 0.1) is 0 Å². The third-order valence-corrected chi connectivity index (χ3v) is 9.04. The maximum absolute atomic E-state index is 13.5. The Morgan fingerprint density at radius 3 is 2.83 bits per heavy atom. The predicted octanol–water partition coefficient (Wildman–Crippen LogP) is 3.96. The van der Waals surface area contributed by atoms with Crippen LogP contribution in [0.25, 0.3) is 10.9 Å². The van der Waals surface area contributed by atoms with Crippen LogP contribution in [-0.4, -0.2) is 37.6 Å². The van der Waals surface area contributed by atoms with Crippen LogP contribution in [0.15, 0.2) is 53.6 Å². The van der Waals surface area contributed by atoms with Gasteiger partial charge >= 0.3 is 0 Å². The first-order chi connectivity index (χ1) is 13.9. The van der Waals surface area contributed by atoms with Crippen LogP contribution in [0.3, 0.4) is 0 Å². The van der Waals surface area contributed by atoms with Crippen molar-refractivity contribution in [2.24, 2.45) is 0 Å². The van der Waals surface area contributed by atoms with Crippen molar-refractivity contribution in [1.82, 2.24) is 9.29 Å². The lowest BCUT2D eigenvalue weighted by Gasteiger charge is -2.36. The van der Waals surface area contributed by atoms with Crippen molar-refractivity contribution >= 4 is 38.2 Å². The van der Waals surface area contributed by atoms with Crippen LogP contribution < -0.4 is 10.2 Å². The first-order valence-electron chi connectivity index (χ1n) is 10.1. The van der Waals surface area contributed by atoms with Crippen molar-refractivity contribution in [2.75, 3.05) is 11.9 Å². The van der Waals surface area contributed by atoms with E-state index in [1.54, 1.807) is 12.1 Å².